The molecule has 2 nitrogen and oxygen atoms in total. The van der Waals surface area contributed by atoms with Gasteiger partial charge >= 0.3 is 0 Å². The molecule has 1 aliphatic rings. The van der Waals surface area contributed by atoms with Crippen LogP contribution in [0.1, 0.15) is 30.9 Å². The molecule has 1 aliphatic carbocycles. The molecule has 0 amide bonds. The van der Waals surface area contributed by atoms with Crippen LogP contribution in [0.2, 0.25) is 10.0 Å². The first-order valence-electron chi connectivity index (χ1n) is 5.92. The Morgan fingerprint density at radius 1 is 1.41 bits per heavy atom. The van der Waals surface area contributed by atoms with Gasteiger partial charge in [0.2, 0.25) is 0 Å². The van der Waals surface area contributed by atoms with Crippen molar-refractivity contribution in [2.75, 3.05) is 13.6 Å². The maximum Gasteiger partial charge on any atom is 0.0817 e. The predicted molar refractivity (Wildman–Crippen MR) is 71.7 cm³/mol. The number of rotatable bonds is 5. The van der Waals surface area contributed by atoms with E-state index in [0.29, 0.717) is 16.5 Å². The van der Waals surface area contributed by atoms with Gasteiger partial charge in [-0.15, -0.1) is 0 Å². The van der Waals surface area contributed by atoms with Gasteiger partial charge in [-0.3, -0.25) is 0 Å². The van der Waals surface area contributed by atoms with E-state index in [1.807, 2.05) is 12.1 Å². The van der Waals surface area contributed by atoms with Crippen molar-refractivity contribution in [1.82, 2.24) is 4.90 Å². The fourth-order valence-electron chi connectivity index (χ4n) is 1.96. The maximum atomic E-state index is 10.1. The van der Waals surface area contributed by atoms with Gasteiger partial charge in [0.25, 0.3) is 0 Å². The third kappa shape index (κ3) is 3.35. The summed E-state index contributed by atoms with van der Waals surface area (Å²) < 4.78 is 0. The highest BCUT2D eigenvalue weighted by Gasteiger charge is 2.26. The van der Waals surface area contributed by atoms with E-state index in [1.54, 1.807) is 6.07 Å². The molecule has 1 unspecified atom stereocenters. The Morgan fingerprint density at radius 3 is 2.76 bits per heavy atom. The van der Waals surface area contributed by atoms with Crippen molar-refractivity contribution in [3.63, 3.8) is 0 Å². The first-order valence-corrected chi connectivity index (χ1v) is 6.67. The van der Waals surface area contributed by atoms with Gasteiger partial charge in [-0.2, -0.15) is 0 Å². The third-order valence-electron chi connectivity index (χ3n) is 3.27. The standard InChI is InChI=1S/C13H17Cl2NO/c1-16(9-5-6-9)8-7-12(17)10-3-2-4-11(14)13(10)15/h2-4,9,12,17H,5-8H2,1H3. The van der Waals surface area contributed by atoms with Crippen LogP contribution in [0.25, 0.3) is 0 Å². The second-order valence-corrected chi connectivity index (χ2v) is 5.44. The minimum absolute atomic E-state index is 0.468. The highest BCUT2D eigenvalue weighted by Crippen LogP contribution is 2.32. The van der Waals surface area contributed by atoms with E-state index in [0.717, 1.165) is 18.2 Å². The molecule has 17 heavy (non-hydrogen) atoms. The first-order chi connectivity index (χ1) is 8.09. The van der Waals surface area contributed by atoms with Gasteiger partial charge in [0.05, 0.1) is 16.1 Å². The molecule has 4 heteroatoms. The second kappa shape index (κ2) is 5.57. The molecule has 0 heterocycles. The Bertz CT molecular complexity index is 393. The SMILES string of the molecule is CN(CCC(O)c1cccc(Cl)c1Cl)C1CC1. The molecule has 1 aromatic carbocycles. The van der Waals surface area contributed by atoms with Crippen molar-refractivity contribution in [2.45, 2.75) is 31.4 Å². The number of hydrogen-bond acceptors (Lipinski definition) is 2. The Kier molecular flexibility index (Phi) is 4.31. The van der Waals surface area contributed by atoms with Crippen LogP contribution < -0.4 is 0 Å². The molecule has 1 N–H and O–H groups in total. The zero-order chi connectivity index (χ0) is 12.4. The number of benzene rings is 1. The molecule has 1 fully saturated rings. The van der Waals surface area contributed by atoms with Crippen LogP contribution in [0.5, 0.6) is 0 Å². The van der Waals surface area contributed by atoms with Crippen molar-refractivity contribution in [1.29, 1.82) is 0 Å². The van der Waals surface area contributed by atoms with Crippen LogP contribution in [-0.2, 0) is 0 Å². The lowest BCUT2D eigenvalue weighted by Gasteiger charge is -2.19. The monoisotopic (exact) mass is 273 g/mol. The second-order valence-electron chi connectivity index (χ2n) is 4.66. The largest absolute Gasteiger partial charge is 0.388 e. The number of aliphatic hydroxyl groups is 1. The van der Waals surface area contributed by atoms with Crippen LogP contribution in [-0.4, -0.2) is 29.6 Å². The van der Waals surface area contributed by atoms with E-state index < -0.39 is 6.10 Å². The number of aliphatic hydroxyl groups excluding tert-OH is 1. The van der Waals surface area contributed by atoms with Gasteiger partial charge in [-0.25, -0.2) is 0 Å². The Labute approximate surface area is 112 Å². The molecular weight excluding hydrogens is 257 g/mol. The van der Waals surface area contributed by atoms with Crippen LogP contribution in [0.3, 0.4) is 0 Å². The summed E-state index contributed by atoms with van der Waals surface area (Å²) in [7, 11) is 2.10. The summed E-state index contributed by atoms with van der Waals surface area (Å²) in [6.07, 6.45) is 2.71. The molecule has 1 atom stereocenters. The lowest BCUT2D eigenvalue weighted by Crippen LogP contribution is -2.23. The molecule has 0 radical (unpaired) electrons. The summed E-state index contributed by atoms with van der Waals surface area (Å²) in [6.45, 7) is 0.884. The fraction of sp³-hybridized carbons (Fsp3) is 0.538. The topological polar surface area (TPSA) is 23.5 Å². The molecule has 0 aromatic heterocycles. The molecule has 2 rings (SSSR count). The lowest BCUT2D eigenvalue weighted by molar-refractivity contribution is 0.147. The minimum atomic E-state index is -0.539. The summed E-state index contributed by atoms with van der Waals surface area (Å²) in [5, 5.41) is 11.1. The average Bonchev–Trinajstić information content (AvgIpc) is 3.13. The number of nitrogens with zero attached hydrogens (tertiary/aromatic N) is 1. The molecule has 0 aliphatic heterocycles. The van der Waals surface area contributed by atoms with E-state index in [2.05, 4.69) is 11.9 Å². The van der Waals surface area contributed by atoms with E-state index in [9.17, 15) is 5.11 Å². The number of halogens is 2. The molecule has 1 saturated carbocycles. The summed E-state index contributed by atoms with van der Waals surface area (Å²) in [6, 6.07) is 6.10. The van der Waals surface area contributed by atoms with E-state index >= 15 is 0 Å². The van der Waals surface area contributed by atoms with E-state index in [-0.39, 0.29) is 0 Å². The summed E-state index contributed by atoms with van der Waals surface area (Å²) in [5.41, 5.74) is 0.725. The zero-order valence-corrected chi connectivity index (χ0v) is 11.4. The van der Waals surface area contributed by atoms with Gasteiger partial charge in [-0.05, 0) is 32.4 Å². The van der Waals surface area contributed by atoms with Crippen LogP contribution >= 0.6 is 23.2 Å². The fourth-order valence-corrected chi connectivity index (χ4v) is 2.39. The molecule has 1 aromatic rings. The quantitative estimate of drug-likeness (QED) is 0.888. The maximum absolute atomic E-state index is 10.1. The highest BCUT2D eigenvalue weighted by atomic mass is 35.5. The van der Waals surface area contributed by atoms with Crippen molar-refractivity contribution in [3.05, 3.63) is 33.8 Å². The van der Waals surface area contributed by atoms with Gasteiger partial charge < -0.3 is 10.0 Å². The van der Waals surface area contributed by atoms with Crippen molar-refractivity contribution in [3.8, 4) is 0 Å². The molecular formula is C13H17Cl2NO. The molecule has 0 saturated heterocycles. The van der Waals surface area contributed by atoms with Crippen molar-refractivity contribution < 1.29 is 5.11 Å². The van der Waals surface area contributed by atoms with Crippen molar-refractivity contribution in [2.24, 2.45) is 0 Å². The lowest BCUT2D eigenvalue weighted by atomic mass is 10.1. The first kappa shape index (κ1) is 13.2. The highest BCUT2D eigenvalue weighted by molar-refractivity contribution is 6.42. The predicted octanol–water partition coefficient (Wildman–Crippen LogP) is 3.51. The third-order valence-corrected chi connectivity index (χ3v) is 4.10. The van der Waals surface area contributed by atoms with Gasteiger partial charge in [0.15, 0.2) is 0 Å². The summed E-state index contributed by atoms with van der Waals surface area (Å²) >= 11 is 12.0. The zero-order valence-electron chi connectivity index (χ0n) is 9.87. The van der Waals surface area contributed by atoms with E-state index in [4.69, 9.17) is 23.2 Å². The Morgan fingerprint density at radius 2 is 2.12 bits per heavy atom. The van der Waals surface area contributed by atoms with Gasteiger partial charge in [0.1, 0.15) is 0 Å². The minimum Gasteiger partial charge on any atom is -0.388 e. The van der Waals surface area contributed by atoms with Crippen molar-refractivity contribution >= 4 is 23.2 Å². The van der Waals surface area contributed by atoms with Crippen LogP contribution in [0, 0.1) is 0 Å². The van der Waals surface area contributed by atoms with Crippen LogP contribution in [0.4, 0.5) is 0 Å². The van der Waals surface area contributed by atoms with E-state index in [1.165, 1.54) is 12.8 Å². The molecule has 0 bridgehead atoms. The average molecular weight is 274 g/mol. The Hall–Kier alpha value is -0.280. The molecule has 0 spiro atoms. The van der Waals surface area contributed by atoms with Crippen LogP contribution in [0.15, 0.2) is 18.2 Å². The Balaban J connectivity index is 1.94. The van der Waals surface area contributed by atoms with Gasteiger partial charge in [0, 0.05) is 18.2 Å². The number of hydrogen-bond donors (Lipinski definition) is 1. The summed E-state index contributed by atoms with van der Waals surface area (Å²) in [4.78, 5) is 2.29. The summed E-state index contributed by atoms with van der Waals surface area (Å²) in [5.74, 6) is 0. The van der Waals surface area contributed by atoms with Gasteiger partial charge in [-0.1, -0.05) is 35.3 Å². The smallest absolute Gasteiger partial charge is 0.0817 e. The molecule has 94 valence electrons. The normalized spacial score (nSPS) is 17.5.